The van der Waals surface area contributed by atoms with Gasteiger partial charge in [0.1, 0.15) is 36.6 Å². The molecule has 2 aliphatic heterocycles. The molecule has 336 valence electrons. The van der Waals surface area contributed by atoms with E-state index in [-0.39, 0.29) is 26.4 Å². The molecule has 11 nitrogen and oxygen atoms in total. The summed E-state index contributed by atoms with van der Waals surface area (Å²) in [5, 5.41) is 4.12. The number of rotatable bonds is 27. The van der Waals surface area contributed by atoms with Crippen LogP contribution in [0.2, 0.25) is 0 Å². The maximum atomic E-state index is 13.5. The van der Waals surface area contributed by atoms with E-state index in [4.69, 9.17) is 33.2 Å². The van der Waals surface area contributed by atoms with Crippen molar-refractivity contribution < 1.29 is 38.0 Å². The minimum Gasteiger partial charge on any atom is -0.454 e. The van der Waals surface area contributed by atoms with Crippen LogP contribution in [0.4, 0.5) is 0 Å². The molecule has 63 heavy (non-hydrogen) atoms. The first-order chi connectivity index (χ1) is 31.1. The molecule has 2 fully saturated rings. The van der Waals surface area contributed by atoms with Crippen LogP contribution in [0, 0.1) is 0 Å². The van der Waals surface area contributed by atoms with Crippen molar-refractivity contribution in [2.75, 3.05) is 13.2 Å². The number of azide groups is 1. The molecule has 2 aliphatic rings. The van der Waals surface area contributed by atoms with Crippen LogP contribution >= 0.6 is 0 Å². The molecule has 4 aromatic carbocycles. The van der Waals surface area contributed by atoms with Crippen LogP contribution in [0.3, 0.4) is 0 Å². The lowest BCUT2D eigenvalue weighted by molar-refractivity contribution is -0.372. The molecule has 11 heteroatoms. The Morgan fingerprint density at radius 3 is 1.87 bits per heavy atom. The lowest BCUT2D eigenvalue weighted by atomic mass is 9.97. The second-order valence-corrected chi connectivity index (χ2v) is 16.3. The van der Waals surface area contributed by atoms with Crippen LogP contribution in [0.15, 0.2) is 139 Å². The van der Waals surface area contributed by atoms with Crippen LogP contribution in [0.1, 0.15) is 117 Å². The summed E-state index contributed by atoms with van der Waals surface area (Å²) in [7, 11) is 0. The van der Waals surface area contributed by atoms with Crippen LogP contribution in [0.25, 0.3) is 10.4 Å². The predicted molar refractivity (Wildman–Crippen MR) is 243 cm³/mol. The Hall–Kier alpha value is -4.84. The van der Waals surface area contributed by atoms with E-state index in [9.17, 15) is 10.3 Å². The first-order valence-corrected chi connectivity index (χ1v) is 23.0. The molecule has 0 spiro atoms. The summed E-state index contributed by atoms with van der Waals surface area (Å²) in [6.45, 7) is 2.85. The van der Waals surface area contributed by atoms with Crippen molar-refractivity contribution in [3.8, 4) is 0 Å². The number of ether oxygens (including phenoxy) is 7. The lowest BCUT2D eigenvalue weighted by Crippen LogP contribution is -2.63. The fourth-order valence-electron chi connectivity index (χ4n) is 7.98. The highest BCUT2D eigenvalue weighted by molar-refractivity contribution is 5.89. The molecule has 0 saturated carbocycles. The summed E-state index contributed by atoms with van der Waals surface area (Å²) in [6.07, 6.45) is 13.3. The Kier molecular flexibility index (Phi) is 20.7. The summed E-state index contributed by atoms with van der Waals surface area (Å²) in [5.74, 6) is -0.530. The first kappa shape index (κ1) is 47.6. The second kappa shape index (κ2) is 27.4. The highest BCUT2D eigenvalue weighted by atomic mass is 16.8. The van der Waals surface area contributed by atoms with Crippen molar-refractivity contribution in [2.45, 2.75) is 146 Å². The van der Waals surface area contributed by atoms with Gasteiger partial charge in [0, 0.05) is 10.5 Å². The zero-order valence-electron chi connectivity index (χ0n) is 36.7. The Bertz CT molecular complexity index is 1930. The van der Waals surface area contributed by atoms with Gasteiger partial charge in [-0.15, -0.1) is 0 Å². The zero-order chi connectivity index (χ0) is 43.7. The van der Waals surface area contributed by atoms with Gasteiger partial charge in [-0.1, -0.05) is 192 Å². The van der Waals surface area contributed by atoms with E-state index >= 15 is 0 Å². The number of unbranched alkanes of at least 4 members (excludes halogenated alkanes) is 11. The SMILES string of the molecule is CCCCCCCCCCCCCC=C[C@@H](OC(=O)c1ccccc1)[C@H](CO[C@@H]1O[C@@H]2COC(c3ccccc3)O[C@@H]2[C@H](OCc2ccccc2)[C@H]1OCc1ccccc1)N=[N+]=[N-]. The van der Waals surface area contributed by atoms with E-state index in [1.807, 2.05) is 109 Å². The second-order valence-electron chi connectivity index (χ2n) is 16.3. The smallest absolute Gasteiger partial charge is 0.338 e. The van der Waals surface area contributed by atoms with Crippen LogP contribution in [-0.4, -0.2) is 62.0 Å². The van der Waals surface area contributed by atoms with Crippen molar-refractivity contribution in [1.29, 1.82) is 0 Å². The van der Waals surface area contributed by atoms with Gasteiger partial charge in [-0.25, -0.2) is 4.79 Å². The number of benzene rings is 4. The molecular weight excluding hydrogens is 795 g/mol. The third-order valence-electron chi connectivity index (χ3n) is 11.5. The monoisotopic (exact) mass is 859 g/mol. The summed E-state index contributed by atoms with van der Waals surface area (Å²) in [5.41, 5.74) is 13.1. The number of fused-ring (bicyclic) bond motifs is 1. The average Bonchev–Trinajstić information content (AvgIpc) is 3.33. The van der Waals surface area contributed by atoms with Crippen LogP contribution in [-0.2, 0) is 46.4 Å². The number of nitrogens with zero attached hydrogens (tertiary/aromatic N) is 3. The van der Waals surface area contributed by atoms with Crippen molar-refractivity contribution in [2.24, 2.45) is 5.11 Å². The van der Waals surface area contributed by atoms with Gasteiger partial charge in [0.25, 0.3) is 0 Å². The molecule has 2 heterocycles. The van der Waals surface area contributed by atoms with Gasteiger partial charge >= 0.3 is 5.97 Å². The van der Waals surface area contributed by atoms with E-state index in [0.29, 0.717) is 5.56 Å². The molecule has 0 radical (unpaired) electrons. The minimum atomic E-state index is -1.00. The van der Waals surface area contributed by atoms with Gasteiger partial charge in [-0.3, -0.25) is 0 Å². The Labute approximate surface area is 373 Å². The topological polar surface area (TPSA) is 130 Å². The Balaban J connectivity index is 1.17. The molecule has 8 atom stereocenters. The fraction of sp³-hybridized carbons (Fsp3) is 0.481. The van der Waals surface area contributed by atoms with Gasteiger partial charge in [0.15, 0.2) is 12.6 Å². The van der Waals surface area contributed by atoms with E-state index in [0.717, 1.165) is 36.0 Å². The summed E-state index contributed by atoms with van der Waals surface area (Å²) < 4.78 is 45.7. The highest BCUT2D eigenvalue weighted by Crippen LogP contribution is 2.37. The van der Waals surface area contributed by atoms with E-state index in [1.165, 1.54) is 57.8 Å². The molecule has 0 amide bonds. The summed E-state index contributed by atoms with van der Waals surface area (Å²) in [4.78, 5) is 16.6. The number of carbonyl (C=O) groups is 1. The molecule has 6 rings (SSSR count). The standard InChI is InChI=1S/C52H65N3O8/c1-2-3-4-5-6-7-8-9-10-11-12-13-26-35-45(61-50(56)42-31-22-16-23-32-42)44(54-55-53)38-59-52-49(58-37-41-29-20-15-21-30-41)48(57-36-40-27-18-14-19-28-40)47-46(62-52)39-60-51(63-47)43-33-24-17-25-34-43/h14-35,44-49,51-52H,2-13,36-39H2,1H3/t44-,45+,46+,47-,48-,49+,51?,52+/m0/s1. The third kappa shape index (κ3) is 15.7. The van der Waals surface area contributed by atoms with Crippen molar-refractivity contribution in [3.05, 3.63) is 166 Å². The molecule has 0 aromatic heterocycles. The van der Waals surface area contributed by atoms with E-state index in [2.05, 4.69) is 16.9 Å². The molecule has 0 N–H and O–H groups in total. The normalized spacial score (nSPS) is 21.9. The van der Waals surface area contributed by atoms with Crippen LogP contribution in [0.5, 0.6) is 0 Å². The van der Waals surface area contributed by atoms with Crippen molar-refractivity contribution in [3.63, 3.8) is 0 Å². The van der Waals surface area contributed by atoms with E-state index in [1.54, 1.807) is 24.3 Å². The molecule has 2 saturated heterocycles. The van der Waals surface area contributed by atoms with Crippen LogP contribution < -0.4 is 0 Å². The average molecular weight is 860 g/mol. The van der Waals surface area contributed by atoms with Gasteiger partial charge in [-0.05, 0) is 47.7 Å². The van der Waals surface area contributed by atoms with Gasteiger partial charge in [0.05, 0.1) is 32.0 Å². The molecule has 0 aliphatic carbocycles. The fourth-order valence-corrected chi connectivity index (χ4v) is 7.98. The Morgan fingerprint density at radius 1 is 0.714 bits per heavy atom. The number of allylic oxidation sites excluding steroid dienone is 1. The summed E-state index contributed by atoms with van der Waals surface area (Å²) >= 11 is 0. The minimum absolute atomic E-state index is 0.146. The number of hydrogen-bond donors (Lipinski definition) is 0. The zero-order valence-corrected chi connectivity index (χ0v) is 36.7. The third-order valence-corrected chi connectivity index (χ3v) is 11.5. The van der Waals surface area contributed by atoms with Gasteiger partial charge < -0.3 is 33.2 Å². The number of hydrogen-bond acceptors (Lipinski definition) is 9. The van der Waals surface area contributed by atoms with Crippen molar-refractivity contribution in [1.82, 2.24) is 0 Å². The van der Waals surface area contributed by atoms with E-state index < -0.39 is 55.1 Å². The molecule has 1 unspecified atom stereocenters. The number of esters is 1. The molecule has 4 aromatic rings. The largest absolute Gasteiger partial charge is 0.454 e. The maximum Gasteiger partial charge on any atom is 0.338 e. The summed E-state index contributed by atoms with van der Waals surface area (Å²) in [6, 6.07) is 37.4. The maximum absolute atomic E-state index is 13.5. The molecule has 0 bridgehead atoms. The quantitative estimate of drug-likeness (QED) is 0.0145. The predicted octanol–water partition coefficient (Wildman–Crippen LogP) is 12.2. The highest BCUT2D eigenvalue weighted by Gasteiger charge is 2.52. The Morgan fingerprint density at radius 2 is 1.27 bits per heavy atom. The lowest BCUT2D eigenvalue weighted by Gasteiger charge is -2.49. The molecular formula is C52H65N3O8. The first-order valence-electron chi connectivity index (χ1n) is 23.0. The van der Waals surface area contributed by atoms with Gasteiger partial charge in [0.2, 0.25) is 0 Å². The van der Waals surface area contributed by atoms with Gasteiger partial charge in [-0.2, -0.15) is 0 Å². The van der Waals surface area contributed by atoms with Crippen molar-refractivity contribution >= 4 is 5.97 Å². The number of carbonyl (C=O) groups excluding carboxylic acids is 1.